The number of anilines is 3. The standard InChI is InChI=1S/C20H17F3N4O/c1-2-13-6-3-4-9-16(13)26-19-24-11-10-17(27-19)18(28)25-15-8-5-7-14(12-15)20(21,22)23/h3-12H,2H2,1H3,(H,25,28)(H,24,26,27). The average molecular weight is 386 g/mol. The summed E-state index contributed by atoms with van der Waals surface area (Å²) in [5, 5.41) is 5.49. The Morgan fingerprint density at radius 1 is 1.07 bits per heavy atom. The first kappa shape index (κ1) is 19.3. The van der Waals surface area contributed by atoms with Gasteiger partial charge in [0.1, 0.15) is 5.69 Å². The largest absolute Gasteiger partial charge is 0.416 e. The predicted molar refractivity (Wildman–Crippen MR) is 101 cm³/mol. The van der Waals surface area contributed by atoms with Gasteiger partial charge in [-0.1, -0.05) is 31.2 Å². The number of para-hydroxylation sites is 1. The van der Waals surface area contributed by atoms with Gasteiger partial charge in [0.05, 0.1) is 5.56 Å². The molecule has 1 amide bonds. The van der Waals surface area contributed by atoms with E-state index in [-0.39, 0.29) is 17.3 Å². The fraction of sp³-hybridized carbons (Fsp3) is 0.150. The van der Waals surface area contributed by atoms with Gasteiger partial charge in [-0.05, 0) is 42.3 Å². The molecule has 5 nitrogen and oxygen atoms in total. The number of halogens is 3. The van der Waals surface area contributed by atoms with Crippen molar-refractivity contribution in [1.82, 2.24) is 9.97 Å². The van der Waals surface area contributed by atoms with Crippen LogP contribution in [0.2, 0.25) is 0 Å². The van der Waals surface area contributed by atoms with Crippen LogP contribution in [0.3, 0.4) is 0 Å². The van der Waals surface area contributed by atoms with Crippen LogP contribution in [0.1, 0.15) is 28.5 Å². The van der Waals surface area contributed by atoms with Crippen molar-refractivity contribution in [3.8, 4) is 0 Å². The summed E-state index contributed by atoms with van der Waals surface area (Å²) < 4.78 is 38.4. The number of rotatable bonds is 5. The lowest BCUT2D eigenvalue weighted by atomic mass is 10.1. The minimum atomic E-state index is -4.49. The predicted octanol–water partition coefficient (Wildman–Crippen LogP) is 5.05. The lowest BCUT2D eigenvalue weighted by Crippen LogP contribution is -2.15. The molecule has 1 aromatic heterocycles. The van der Waals surface area contributed by atoms with E-state index < -0.39 is 17.6 Å². The van der Waals surface area contributed by atoms with E-state index in [1.807, 2.05) is 31.2 Å². The fourth-order valence-corrected chi connectivity index (χ4v) is 2.58. The van der Waals surface area contributed by atoms with E-state index in [1.165, 1.54) is 24.4 Å². The third-order valence-electron chi connectivity index (χ3n) is 3.98. The van der Waals surface area contributed by atoms with Crippen molar-refractivity contribution in [3.63, 3.8) is 0 Å². The molecule has 0 radical (unpaired) electrons. The normalized spacial score (nSPS) is 11.1. The Morgan fingerprint density at radius 3 is 2.61 bits per heavy atom. The third kappa shape index (κ3) is 4.64. The van der Waals surface area contributed by atoms with E-state index in [0.717, 1.165) is 29.8 Å². The molecule has 0 spiro atoms. The second kappa shape index (κ2) is 8.08. The SMILES string of the molecule is CCc1ccccc1Nc1nccc(C(=O)Nc2cccc(C(F)(F)F)c2)n1. The van der Waals surface area contributed by atoms with Gasteiger partial charge in [0.25, 0.3) is 5.91 Å². The van der Waals surface area contributed by atoms with E-state index in [1.54, 1.807) is 0 Å². The molecule has 2 N–H and O–H groups in total. The van der Waals surface area contributed by atoms with Crippen molar-refractivity contribution >= 4 is 23.2 Å². The molecule has 0 atom stereocenters. The Labute approximate surface area is 159 Å². The molecule has 0 saturated carbocycles. The van der Waals surface area contributed by atoms with Crippen LogP contribution < -0.4 is 10.6 Å². The summed E-state index contributed by atoms with van der Waals surface area (Å²) in [5.74, 6) is -0.411. The van der Waals surface area contributed by atoms with Gasteiger partial charge >= 0.3 is 6.18 Å². The van der Waals surface area contributed by atoms with Crippen LogP contribution in [0.5, 0.6) is 0 Å². The summed E-state index contributed by atoms with van der Waals surface area (Å²) >= 11 is 0. The Balaban J connectivity index is 1.77. The maximum absolute atomic E-state index is 12.8. The zero-order chi connectivity index (χ0) is 20.1. The van der Waals surface area contributed by atoms with Gasteiger partial charge in [0.2, 0.25) is 5.95 Å². The molecule has 0 aliphatic carbocycles. The summed E-state index contributed by atoms with van der Waals surface area (Å²) in [6, 6.07) is 13.4. The van der Waals surface area contributed by atoms with Crippen LogP contribution in [0.15, 0.2) is 60.8 Å². The van der Waals surface area contributed by atoms with Crippen molar-refractivity contribution < 1.29 is 18.0 Å². The van der Waals surface area contributed by atoms with Gasteiger partial charge in [-0.15, -0.1) is 0 Å². The molecule has 0 fully saturated rings. The van der Waals surface area contributed by atoms with Crippen LogP contribution in [0.25, 0.3) is 0 Å². The highest BCUT2D eigenvalue weighted by Crippen LogP contribution is 2.30. The molecular weight excluding hydrogens is 369 g/mol. The highest BCUT2D eigenvalue weighted by atomic mass is 19.4. The third-order valence-corrected chi connectivity index (χ3v) is 3.98. The average Bonchev–Trinajstić information content (AvgIpc) is 2.68. The molecule has 3 aromatic rings. The number of aryl methyl sites for hydroxylation is 1. The number of amides is 1. The lowest BCUT2D eigenvalue weighted by molar-refractivity contribution is -0.137. The van der Waals surface area contributed by atoms with Crippen LogP contribution >= 0.6 is 0 Å². The van der Waals surface area contributed by atoms with E-state index in [9.17, 15) is 18.0 Å². The Hall–Kier alpha value is -3.42. The number of aromatic nitrogens is 2. The van der Waals surface area contributed by atoms with Crippen LogP contribution in [-0.4, -0.2) is 15.9 Å². The first-order chi connectivity index (χ1) is 13.4. The number of nitrogens with one attached hydrogen (secondary N) is 2. The first-order valence-corrected chi connectivity index (χ1v) is 8.53. The number of carbonyl (C=O) groups excluding carboxylic acids is 1. The van der Waals surface area contributed by atoms with Crippen LogP contribution in [-0.2, 0) is 12.6 Å². The number of alkyl halides is 3. The quantitative estimate of drug-likeness (QED) is 0.644. The van der Waals surface area contributed by atoms with Gasteiger partial charge in [0.15, 0.2) is 0 Å². The second-order valence-corrected chi connectivity index (χ2v) is 5.93. The Kier molecular flexibility index (Phi) is 5.58. The van der Waals surface area contributed by atoms with Gasteiger partial charge in [0, 0.05) is 17.6 Å². The van der Waals surface area contributed by atoms with E-state index in [2.05, 4.69) is 20.6 Å². The molecule has 1 heterocycles. The van der Waals surface area contributed by atoms with E-state index in [4.69, 9.17) is 0 Å². The molecule has 144 valence electrons. The summed E-state index contributed by atoms with van der Waals surface area (Å²) in [4.78, 5) is 20.6. The molecule has 0 aliphatic rings. The van der Waals surface area contributed by atoms with Gasteiger partial charge in [-0.2, -0.15) is 13.2 Å². The molecule has 0 bridgehead atoms. The zero-order valence-corrected chi connectivity index (χ0v) is 14.9. The monoisotopic (exact) mass is 386 g/mol. The Bertz CT molecular complexity index is 989. The number of hydrogen-bond acceptors (Lipinski definition) is 4. The Morgan fingerprint density at radius 2 is 1.86 bits per heavy atom. The maximum Gasteiger partial charge on any atom is 0.416 e. The molecular formula is C20H17F3N4O. The number of carbonyl (C=O) groups is 1. The van der Waals surface area contributed by atoms with E-state index in [0.29, 0.717) is 0 Å². The van der Waals surface area contributed by atoms with Crippen molar-refractivity contribution in [3.05, 3.63) is 77.6 Å². The number of hydrogen-bond donors (Lipinski definition) is 2. The number of benzene rings is 2. The first-order valence-electron chi connectivity index (χ1n) is 8.53. The molecule has 0 saturated heterocycles. The fourth-order valence-electron chi connectivity index (χ4n) is 2.58. The number of nitrogens with zero attached hydrogens (tertiary/aromatic N) is 2. The minimum Gasteiger partial charge on any atom is -0.324 e. The van der Waals surface area contributed by atoms with Crippen LogP contribution in [0.4, 0.5) is 30.5 Å². The molecule has 28 heavy (non-hydrogen) atoms. The summed E-state index contributed by atoms with van der Waals surface area (Å²) in [5.41, 5.74) is 1.10. The van der Waals surface area contributed by atoms with Crippen molar-refractivity contribution in [2.45, 2.75) is 19.5 Å². The van der Waals surface area contributed by atoms with Crippen LogP contribution in [0, 0.1) is 0 Å². The van der Waals surface area contributed by atoms with Gasteiger partial charge in [-0.3, -0.25) is 4.79 Å². The van der Waals surface area contributed by atoms with Crippen molar-refractivity contribution in [2.75, 3.05) is 10.6 Å². The summed E-state index contributed by atoms with van der Waals surface area (Å²) in [7, 11) is 0. The molecule has 0 unspecified atom stereocenters. The van der Waals surface area contributed by atoms with E-state index >= 15 is 0 Å². The topological polar surface area (TPSA) is 66.9 Å². The summed E-state index contributed by atoms with van der Waals surface area (Å²) in [6.07, 6.45) is -2.27. The lowest BCUT2D eigenvalue weighted by Gasteiger charge is -2.11. The molecule has 3 rings (SSSR count). The highest BCUT2D eigenvalue weighted by Gasteiger charge is 2.30. The minimum absolute atomic E-state index is 0.0314. The second-order valence-electron chi connectivity index (χ2n) is 5.93. The molecule has 0 aliphatic heterocycles. The van der Waals surface area contributed by atoms with Gasteiger partial charge < -0.3 is 10.6 Å². The van der Waals surface area contributed by atoms with Gasteiger partial charge in [-0.25, -0.2) is 9.97 Å². The summed E-state index contributed by atoms with van der Waals surface area (Å²) in [6.45, 7) is 2.01. The zero-order valence-electron chi connectivity index (χ0n) is 14.9. The highest BCUT2D eigenvalue weighted by molar-refractivity contribution is 6.03. The molecule has 2 aromatic carbocycles. The smallest absolute Gasteiger partial charge is 0.324 e. The van der Waals surface area contributed by atoms with Crippen molar-refractivity contribution in [2.24, 2.45) is 0 Å². The maximum atomic E-state index is 12.8. The molecule has 8 heteroatoms. The van der Waals surface area contributed by atoms with Crippen molar-refractivity contribution in [1.29, 1.82) is 0 Å².